The summed E-state index contributed by atoms with van der Waals surface area (Å²) in [5.41, 5.74) is 7.10. The highest BCUT2D eigenvalue weighted by Gasteiger charge is 2.13. The topological polar surface area (TPSA) is 43.1 Å². The van der Waals surface area contributed by atoms with E-state index in [1.165, 1.54) is 12.8 Å². The van der Waals surface area contributed by atoms with E-state index in [1.54, 1.807) is 6.07 Å². The molecule has 0 heterocycles. The standard InChI is InChI=1S/C15H23NO/c1-3-5-7-12(4-2)10-15(17)13-8-6-9-14(16)11-13/h6,8-9,11-12H,3-5,7,10,16H2,1-2H3. The molecule has 94 valence electrons. The van der Waals surface area contributed by atoms with Crippen molar-refractivity contribution in [2.75, 3.05) is 5.73 Å². The number of hydrogen-bond acceptors (Lipinski definition) is 2. The predicted octanol–water partition coefficient (Wildman–Crippen LogP) is 4.06. The summed E-state index contributed by atoms with van der Waals surface area (Å²) in [5.74, 6) is 0.740. The van der Waals surface area contributed by atoms with Gasteiger partial charge < -0.3 is 5.73 Å². The van der Waals surface area contributed by atoms with Crippen LogP contribution in [-0.4, -0.2) is 5.78 Å². The molecular formula is C15H23NO. The van der Waals surface area contributed by atoms with Gasteiger partial charge in [0.05, 0.1) is 0 Å². The average molecular weight is 233 g/mol. The van der Waals surface area contributed by atoms with Gasteiger partial charge in [-0.25, -0.2) is 0 Å². The van der Waals surface area contributed by atoms with Gasteiger partial charge in [0.1, 0.15) is 0 Å². The number of nitrogen functional groups attached to an aromatic ring is 1. The molecule has 0 radical (unpaired) electrons. The maximum atomic E-state index is 12.1. The Morgan fingerprint density at radius 1 is 1.35 bits per heavy atom. The number of benzene rings is 1. The van der Waals surface area contributed by atoms with E-state index in [0.717, 1.165) is 18.4 Å². The lowest BCUT2D eigenvalue weighted by Gasteiger charge is -2.13. The van der Waals surface area contributed by atoms with Crippen LogP contribution in [0, 0.1) is 5.92 Å². The molecule has 2 heteroatoms. The third-order valence-electron chi connectivity index (χ3n) is 3.23. The summed E-state index contributed by atoms with van der Waals surface area (Å²) in [6, 6.07) is 7.28. The Morgan fingerprint density at radius 2 is 2.12 bits per heavy atom. The van der Waals surface area contributed by atoms with E-state index in [-0.39, 0.29) is 5.78 Å². The van der Waals surface area contributed by atoms with Crippen molar-refractivity contribution in [2.45, 2.75) is 46.0 Å². The minimum Gasteiger partial charge on any atom is -0.399 e. The number of ketones is 1. The first-order valence-corrected chi connectivity index (χ1v) is 6.56. The van der Waals surface area contributed by atoms with Gasteiger partial charge >= 0.3 is 0 Å². The number of Topliss-reactive ketones (excluding diaryl/α,β-unsaturated/α-hetero) is 1. The molecule has 0 aromatic heterocycles. The molecule has 1 unspecified atom stereocenters. The first kappa shape index (κ1) is 13.8. The first-order valence-electron chi connectivity index (χ1n) is 6.56. The highest BCUT2D eigenvalue weighted by Crippen LogP contribution is 2.20. The van der Waals surface area contributed by atoms with E-state index in [9.17, 15) is 4.79 Å². The number of hydrogen-bond donors (Lipinski definition) is 1. The second-order valence-corrected chi connectivity index (χ2v) is 4.67. The Bertz CT molecular complexity index is 360. The number of carbonyl (C=O) groups is 1. The van der Waals surface area contributed by atoms with Crippen LogP contribution in [-0.2, 0) is 0 Å². The van der Waals surface area contributed by atoms with Gasteiger partial charge in [-0.05, 0) is 18.1 Å². The molecule has 0 fully saturated rings. The lowest BCUT2D eigenvalue weighted by atomic mass is 9.91. The van der Waals surface area contributed by atoms with E-state index in [1.807, 2.05) is 18.2 Å². The molecular weight excluding hydrogens is 210 g/mol. The van der Waals surface area contributed by atoms with E-state index in [2.05, 4.69) is 13.8 Å². The molecule has 2 N–H and O–H groups in total. The fourth-order valence-electron chi connectivity index (χ4n) is 2.04. The summed E-state index contributed by atoms with van der Waals surface area (Å²) in [6.45, 7) is 4.35. The summed E-state index contributed by atoms with van der Waals surface area (Å²) in [6.07, 6.45) is 5.29. The van der Waals surface area contributed by atoms with E-state index in [0.29, 0.717) is 18.0 Å². The molecule has 0 bridgehead atoms. The Labute approximate surface area is 104 Å². The van der Waals surface area contributed by atoms with Crippen LogP contribution in [0.4, 0.5) is 5.69 Å². The minimum atomic E-state index is 0.222. The van der Waals surface area contributed by atoms with Crippen LogP contribution in [0.3, 0.4) is 0 Å². The normalized spacial score (nSPS) is 12.4. The predicted molar refractivity (Wildman–Crippen MR) is 73.1 cm³/mol. The van der Waals surface area contributed by atoms with Crippen LogP contribution in [0.25, 0.3) is 0 Å². The Morgan fingerprint density at radius 3 is 2.71 bits per heavy atom. The van der Waals surface area contributed by atoms with Crippen LogP contribution in [0.5, 0.6) is 0 Å². The van der Waals surface area contributed by atoms with Crippen molar-refractivity contribution >= 4 is 11.5 Å². The van der Waals surface area contributed by atoms with Gasteiger partial charge in [-0.3, -0.25) is 4.79 Å². The zero-order valence-electron chi connectivity index (χ0n) is 10.9. The van der Waals surface area contributed by atoms with Gasteiger partial charge in [0.2, 0.25) is 0 Å². The van der Waals surface area contributed by atoms with Crippen molar-refractivity contribution in [2.24, 2.45) is 5.92 Å². The summed E-state index contributed by atoms with van der Waals surface area (Å²) in [5, 5.41) is 0. The molecule has 0 aliphatic rings. The van der Waals surface area contributed by atoms with E-state index in [4.69, 9.17) is 5.73 Å². The highest BCUT2D eigenvalue weighted by atomic mass is 16.1. The second-order valence-electron chi connectivity index (χ2n) is 4.67. The minimum absolute atomic E-state index is 0.222. The van der Waals surface area contributed by atoms with Gasteiger partial charge in [0, 0.05) is 17.7 Å². The largest absolute Gasteiger partial charge is 0.399 e. The zero-order valence-corrected chi connectivity index (χ0v) is 10.9. The third-order valence-corrected chi connectivity index (χ3v) is 3.23. The number of anilines is 1. The van der Waals surface area contributed by atoms with Crippen LogP contribution in [0.15, 0.2) is 24.3 Å². The molecule has 1 atom stereocenters. The molecule has 1 rings (SSSR count). The van der Waals surface area contributed by atoms with E-state index < -0.39 is 0 Å². The first-order chi connectivity index (χ1) is 8.17. The second kappa shape index (κ2) is 7.10. The van der Waals surface area contributed by atoms with E-state index >= 15 is 0 Å². The smallest absolute Gasteiger partial charge is 0.163 e. The fraction of sp³-hybridized carbons (Fsp3) is 0.533. The van der Waals surface area contributed by atoms with Crippen molar-refractivity contribution in [3.63, 3.8) is 0 Å². The lowest BCUT2D eigenvalue weighted by Crippen LogP contribution is -2.08. The van der Waals surface area contributed by atoms with Crippen molar-refractivity contribution < 1.29 is 4.79 Å². The van der Waals surface area contributed by atoms with Crippen LogP contribution < -0.4 is 5.73 Å². The van der Waals surface area contributed by atoms with Crippen molar-refractivity contribution in [3.05, 3.63) is 29.8 Å². The van der Waals surface area contributed by atoms with Crippen LogP contribution >= 0.6 is 0 Å². The fourth-order valence-corrected chi connectivity index (χ4v) is 2.04. The number of unbranched alkanes of at least 4 members (excludes halogenated alkanes) is 1. The SMILES string of the molecule is CCCCC(CC)CC(=O)c1cccc(N)c1. The Kier molecular flexibility index (Phi) is 5.75. The number of nitrogens with two attached hydrogens (primary N) is 1. The van der Waals surface area contributed by atoms with Crippen LogP contribution in [0.2, 0.25) is 0 Å². The van der Waals surface area contributed by atoms with Gasteiger partial charge in [0.25, 0.3) is 0 Å². The molecule has 0 amide bonds. The lowest BCUT2D eigenvalue weighted by molar-refractivity contribution is 0.0957. The third kappa shape index (κ3) is 4.59. The molecule has 1 aromatic carbocycles. The van der Waals surface area contributed by atoms with Gasteiger partial charge in [-0.15, -0.1) is 0 Å². The Balaban J connectivity index is 2.58. The molecule has 0 saturated heterocycles. The molecule has 0 aliphatic heterocycles. The molecule has 1 aromatic rings. The van der Waals surface area contributed by atoms with Crippen LogP contribution in [0.1, 0.15) is 56.3 Å². The maximum absolute atomic E-state index is 12.1. The molecule has 0 spiro atoms. The van der Waals surface area contributed by atoms with Gasteiger partial charge in [-0.1, -0.05) is 51.7 Å². The average Bonchev–Trinajstić information content (AvgIpc) is 2.34. The highest BCUT2D eigenvalue weighted by molar-refractivity contribution is 5.96. The summed E-state index contributed by atoms with van der Waals surface area (Å²) >= 11 is 0. The summed E-state index contributed by atoms with van der Waals surface area (Å²) < 4.78 is 0. The van der Waals surface area contributed by atoms with Gasteiger partial charge in [0.15, 0.2) is 5.78 Å². The molecule has 0 aliphatic carbocycles. The van der Waals surface area contributed by atoms with Gasteiger partial charge in [-0.2, -0.15) is 0 Å². The molecule has 2 nitrogen and oxygen atoms in total. The quantitative estimate of drug-likeness (QED) is 0.570. The number of carbonyl (C=O) groups excluding carboxylic acids is 1. The van der Waals surface area contributed by atoms with Crippen molar-refractivity contribution in [1.29, 1.82) is 0 Å². The van der Waals surface area contributed by atoms with Crippen molar-refractivity contribution in [1.82, 2.24) is 0 Å². The van der Waals surface area contributed by atoms with Crippen molar-refractivity contribution in [3.8, 4) is 0 Å². The summed E-state index contributed by atoms with van der Waals surface area (Å²) in [4.78, 5) is 12.1. The number of rotatable bonds is 7. The molecule has 0 saturated carbocycles. The zero-order chi connectivity index (χ0) is 12.7. The summed E-state index contributed by atoms with van der Waals surface area (Å²) in [7, 11) is 0. The molecule has 17 heavy (non-hydrogen) atoms. The maximum Gasteiger partial charge on any atom is 0.163 e. The monoisotopic (exact) mass is 233 g/mol. The Hall–Kier alpha value is -1.31.